The van der Waals surface area contributed by atoms with Gasteiger partial charge in [0.15, 0.2) is 12.6 Å². The lowest BCUT2D eigenvalue weighted by Crippen LogP contribution is -2.37. The number of rotatable bonds is 9. The zero-order valence-electron chi connectivity index (χ0n) is 19.2. The molecule has 1 aliphatic heterocycles. The number of carbonyl (C=O) groups excluding carboxylic acids is 5. The molecule has 1 heterocycles. The number of esters is 2. The molecule has 36 heavy (non-hydrogen) atoms. The van der Waals surface area contributed by atoms with E-state index in [0.717, 1.165) is 0 Å². The van der Waals surface area contributed by atoms with Crippen molar-refractivity contribution in [3.63, 3.8) is 0 Å². The highest BCUT2D eigenvalue weighted by Crippen LogP contribution is 2.48. The highest BCUT2D eigenvalue weighted by atomic mass is 16.5. The van der Waals surface area contributed by atoms with Crippen LogP contribution in [0.4, 0.5) is 5.69 Å². The number of aldehydes is 2. The van der Waals surface area contributed by atoms with Crippen LogP contribution in [-0.2, 0) is 29.3 Å². The zero-order valence-corrected chi connectivity index (χ0v) is 19.2. The second-order valence-corrected chi connectivity index (χ2v) is 7.80. The average Bonchev–Trinajstić information content (AvgIpc) is 3.21. The van der Waals surface area contributed by atoms with Gasteiger partial charge in [-0.25, -0.2) is 9.59 Å². The summed E-state index contributed by atoms with van der Waals surface area (Å²) in [6, 6.07) is 17.8. The predicted molar refractivity (Wildman–Crippen MR) is 127 cm³/mol. The van der Waals surface area contributed by atoms with Crippen molar-refractivity contribution >= 4 is 36.1 Å². The number of amides is 1. The second kappa shape index (κ2) is 10.2. The third-order valence-electron chi connectivity index (χ3n) is 5.89. The molecule has 1 amide bonds. The van der Waals surface area contributed by atoms with Gasteiger partial charge in [-0.15, -0.1) is 0 Å². The lowest BCUT2D eigenvalue weighted by Gasteiger charge is -2.29. The van der Waals surface area contributed by atoms with Gasteiger partial charge < -0.3 is 19.5 Å². The smallest absolute Gasteiger partial charge is 0.338 e. The molecule has 0 unspecified atom stereocenters. The third kappa shape index (κ3) is 4.22. The summed E-state index contributed by atoms with van der Waals surface area (Å²) in [5, 5.41) is 2.91. The molecule has 4 rings (SSSR count). The number of benzene rings is 3. The molecule has 0 fully saturated rings. The molecule has 0 spiro atoms. The van der Waals surface area contributed by atoms with Gasteiger partial charge in [-0.1, -0.05) is 24.3 Å². The number of hydrogen-bond acceptors (Lipinski definition) is 8. The van der Waals surface area contributed by atoms with Crippen molar-refractivity contribution in [3.05, 3.63) is 94.5 Å². The highest BCUT2D eigenvalue weighted by Gasteiger charge is 2.50. The van der Waals surface area contributed by atoms with Gasteiger partial charge in [0.2, 0.25) is 5.91 Å². The third-order valence-corrected chi connectivity index (χ3v) is 5.89. The quantitative estimate of drug-likeness (QED) is 0.361. The molecular weight excluding hydrogens is 466 g/mol. The number of carbonyl (C=O) groups is 5. The highest BCUT2D eigenvalue weighted by molar-refractivity contribution is 6.11. The van der Waals surface area contributed by atoms with Crippen LogP contribution >= 0.6 is 0 Å². The molecule has 0 aromatic heterocycles. The van der Waals surface area contributed by atoms with Crippen molar-refractivity contribution in [2.45, 2.75) is 5.41 Å². The van der Waals surface area contributed by atoms with E-state index in [-0.39, 0.29) is 30.2 Å². The van der Waals surface area contributed by atoms with Crippen LogP contribution in [0, 0.1) is 0 Å². The maximum absolute atomic E-state index is 13.7. The van der Waals surface area contributed by atoms with Gasteiger partial charge in [0.05, 0.1) is 18.2 Å². The van der Waals surface area contributed by atoms with Crippen molar-refractivity contribution < 1.29 is 38.2 Å². The number of ether oxygens (including phenoxy) is 3. The Bertz CT molecular complexity index is 1260. The molecule has 0 bridgehead atoms. The SMILES string of the molecule is COc1ccc2c(c1)C(c1ccc(C(=O)OCC=O)cc1)(c1ccc(C(=O)OCC=O)cc1)C(=O)N2. The Labute approximate surface area is 206 Å². The van der Waals surface area contributed by atoms with E-state index in [0.29, 0.717) is 40.7 Å². The van der Waals surface area contributed by atoms with Crippen LogP contribution in [0.3, 0.4) is 0 Å². The van der Waals surface area contributed by atoms with Gasteiger partial charge in [-0.05, 0) is 53.6 Å². The molecule has 9 nitrogen and oxygen atoms in total. The lowest BCUT2D eigenvalue weighted by molar-refractivity contribution is -0.118. The monoisotopic (exact) mass is 487 g/mol. The summed E-state index contributed by atoms with van der Waals surface area (Å²) in [4.78, 5) is 59.0. The lowest BCUT2D eigenvalue weighted by atomic mass is 9.70. The van der Waals surface area contributed by atoms with E-state index in [9.17, 15) is 24.0 Å². The van der Waals surface area contributed by atoms with Gasteiger partial charge in [-0.2, -0.15) is 0 Å². The number of methoxy groups -OCH3 is 1. The van der Waals surface area contributed by atoms with E-state index in [1.54, 1.807) is 42.5 Å². The summed E-state index contributed by atoms with van der Waals surface area (Å²) in [5.74, 6) is -1.13. The second-order valence-electron chi connectivity index (χ2n) is 7.80. The number of nitrogens with one attached hydrogen (secondary N) is 1. The van der Waals surface area contributed by atoms with E-state index in [1.807, 2.05) is 0 Å². The first-order valence-corrected chi connectivity index (χ1v) is 10.9. The number of anilines is 1. The van der Waals surface area contributed by atoms with E-state index in [1.165, 1.54) is 31.4 Å². The molecule has 9 heteroatoms. The fourth-order valence-corrected chi connectivity index (χ4v) is 4.25. The summed E-state index contributed by atoms with van der Waals surface area (Å²) in [5.41, 5.74) is 1.41. The van der Waals surface area contributed by atoms with Crippen molar-refractivity contribution in [2.24, 2.45) is 0 Å². The van der Waals surface area contributed by atoms with E-state index < -0.39 is 17.4 Å². The topological polar surface area (TPSA) is 125 Å². The summed E-state index contributed by atoms with van der Waals surface area (Å²) in [6.45, 7) is -0.719. The van der Waals surface area contributed by atoms with Crippen molar-refractivity contribution in [2.75, 3.05) is 25.6 Å². The average molecular weight is 487 g/mol. The van der Waals surface area contributed by atoms with Gasteiger partial charge in [0.25, 0.3) is 0 Å². The van der Waals surface area contributed by atoms with Gasteiger partial charge in [0.1, 0.15) is 24.4 Å². The Morgan fingerprint density at radius 1 is 0.806 bits per heavy atom. The summed E-state index contributed by atoms with van der Waals surface area (Å²) in [7, 11) is 1.52. The van der Waals surface area contributed by atoms with E-state index >= 15 is 0 Å². The largest absolute Gasteiger partial charge is 0.497 e. The Morgan fingerprint density at radius 2 is 1.31 bits per heavy atom. The Morgan fingerprint density at radius 3 is 1.75 bits per heavy atom. The van der Waals surface area contributed by atoms with Gasteiger partial charge in [-0.3, -0.25) is 14.4 Å². The van der Waals surface area contributed by atoms with Gasteiger partial charge >= 0.3 is 11.9 Å². The molecule has 0 radical (unpaired) electrons. The minimum atomic E-state index is -1.33. The first-order chi connectivity index (χ1) is 17.4. The van der Waals surface area contributed by atoms with E-state index in [4.69, 9.17) is 14.2 Å². The number of fused-ring (bicyclic) bond motifs is 1. The summed E-state index contributed by atoms with van der Waals surface area (Å²) >= 11 is 0. The summed E-state index contributed by atoms with van der Waals surface area (Å²) < 4.78 is 15.1. The Kier molecular flexibility index (Phi) is 6.91. The van der Waals surface area contributed by atoms with Crippen molar-refractivity contribution in [1.82, 2.24) is 0 Å². The fraction of sp³-hybridized carbons (Fsp3) is 0.148. The van der Waals surface area contributed by atoms with Gasteiger partial charge in [0, 0.05) is 11.3 Å². The fourth-order valence-electron chi connectivity index (χ4n) is 4.25. The molecule has 0 aliphatic carbocycles. The Balaban J connectivity index is 1.84. The molecule has 1 aliphatic rings. The maximum atomic E-state index is 13.7. The normalized spacial score (nSPS) is 13.2. The molecule has 0 atom stereocenters. The zero-order chi connectivity index (χ0) is 25.7. The summed E-state index contributed by atoms with van der Waals surface area (Å²) in [6.07, 6.45) is 0.958. The van der Waals surface area contributed by atoms with Crippen LogP contribution in [0.5, 0.6) is 5.75 Å². The molecule has 3 aromatic carbocycles. The molecular formula is C27H21NO8. The van der Waals surface area contributed by atoms with Crippen LogP contribution in [0.2, 0.25) is 0 Å². The van der Waals surface area contributed by atoms with Crippen LogP contribution in [0.25, 0.3) is 0 Å². The first kappa shape index (κ1) is 24.3. The molecule has 182 valence electrons. The molecule has 0 saturated carbocycles. The number of hydrogen-bond donors (Lipinski definition) is 1. The first-order valence-electron chi connectivity index (χ1n) is 10.9. The van der Waals surface area contributed by atoms with Crippen molar-refractivity contribution in [3.8, 4) is 5.75 Å². The van der Waals surface area contributed by atoms with Crippen LogP contribution in [0.1, 0.15) is 37.4 Å². The predicted octanol–water partition coefficient (Wildman–Crippen LogP) is 2.69. The molecule has 3 aromatic rings. The Hall–Kier alpha value is -4.79. The van der Waals surface area contributed by atoms with Crippen LogP contribution in [0.15, 0.2) is 66.7 Å². The minimum absolute atomic E-state index is 0.216. The van der Waals surface area contributed by atoms with Crippen molar-refractivity contribution in [1.29, 1.82) is 0 Å². The minimum Gasteiger partial charge on any atom is -0.497 e. The van der Waals surface area contributed by atoms with Crippen LogP contribution < -0.4 is 10.1 Å². The van der Waals surface area contributed by atoms with Crippen LogP contribution in [-0.4, -0.2) is 50.7 Å². The molecule has 1 N–H and O–H groups in total. The maximum Gasteiger partial charge on any atom is 0.338 e. The molecule has 0 saturated heterocycles. The van der Waals surface area contributed by atoms with E-state index in [2.05, 4.69) is 5.32 Å². The standard InChI is InChI=1S/C27H21NO8/c1-34-21-10-11-23-22(16-21)27(26(33)28-23,19-6-2-17(3-7-19)24(31)35-14-12-29)20-8-4-18(5-9-20)25(32)36-15-13-30/h2-13,16H,14-15H2,1H3,(H,28,33).